The van der Waals surface area contributed by atoms with Gasteiger partial charge in [-0.25, -0.2) is 0 Å². The maximum atomic E-state index is 5.89. The summed E-state index contributed by atoms with van der Waals surface area (Å²) >= 11 is 0. The number of allylic oxidation sites excluding steroid dienone is 4. The molecule has 0 atom stereocenters. The Balaban J connectivity index is 3.21. The van der Waals surface area contributed by atoms with E-state index in [1.54, 1.807) is 11.1 Å². The Labute approximate surface area is 261 Å². The van der Waals surface area contributed by atoms with E-state index >= 15 is 0 Å². The zero-order valence-corrected chi connectivity index (χ0v) is 29.2. The van der Waals surface area contributed by atoms with Crippen LogP contribution in [0.5, 0.6) is 0 Å². The first-order valence-corrected chi connectivity index (χ1v) is 19.2. The molecule has 0 rings (SSSR count). The third kappa shape index (κ3) is 32.2. The quantitative estimate of drug-likeness (QED) is 0.0548. The highest BCUT2D eigenvalue weighted by atomic mass is 16.5. The Hall–Kier alpha value is -0.560. The molecule has 1 nitrogen and oxygen atoms in total. The first kappa shape index (κ1) is 40.4. The number of hydrogen-bond donors (Lipinski definition) is 0. The average molecular weight is 575 g/mol. The number of rotatable bonds is 34. The van der Waals surface area contributed by atoms with Crippen molar-refractivity contribution >= 4 is 0 Å². The van der Waals surface area contributed by atoms with Crippen molar-refractivity contribution in [1.29, 1.82) is 0 Å². The van der Waals surface area contributed by atoms with Crippen molar-refractivity contribution in [2.24, 2.45) is 0 Å². The minimum absolute atomic E-state index is 0.987. The van der Waals surface area contributed by atoms with Gasteiger partial charge in [0.15, 0.2) is 0 Å². The van der Waals surface area contributed by atoms with Crippen molar-refractivity contribution in [3.63, 3.8) is 0 Å². The van der Waals surface area contributed by atoms with E-state index in [9.17, 15) is 0 Å². The van der Waals surface area contributed by atoms with Crippen molar-refractivity contribution < 1.29 is 4.74 Å². The van der Waals surface area contributed by atoms with Crippen LogP contribution in [0.15, 0.2) is 23.3 Å². The van der Waals surface area contributed by atoms with Crippen molar-refractivity contribution in [2.75, 3.05) is 13.2 Å². The minimum Gasteiger partial charge on any atom is -0.381 e. The molecule has 0 spiro atoms. The van der Waals surface area contributed by atoms with Crippen LogP contribution in [0.25, 0.3) is 0 Å². The maximum Gasteiger partial charge on any atom is 0.0466 e. The number of ether oxygens (including phenoxy) is 1. The summed E-state index contributed by atoms with van der Waals surface area (Å²) in [5.74, 6) is 0. The molecule has 0 bridgehead atoms. The summed E-state index contributed by atoms with van der Waals surface area (Å²) in [5.41, 5.74) is 3.39. The molecule has 0 aliphatic heterocycles. The fraction of sp³-hybridized carbons (Fsp3) is 0.900. The Bertz CT molecular complexity index is 497. The van der Waals surface area contributed by atoms with E-state index in [2.05, 4.69) is 39.8 Å². The van der Waals surface area contributed by atoms with Gasteiger partial charge in [0, 0.05) is 13.2 Å². The molecule has 0 N–H and O–H groups in total. The topological polar surface area (TPSA) is 9.23 Å². The average Bonchev–Trinajstić information content (AvgIpc) is 2.99. The lowest BCUT2D eigenvalue weighted by atomic mass is 10.0. The lowest BCUT2D eigenvalue weighted by molar-refractivity contribution is 0.125. The van der Waals surface area contributed by atoms with E-state index in [4.69, 9.17) is 4.74 Å². The smallest absolute Gasteiger partial charge is 0.0466 e. The third-order valence-corrected chi connectivity index (χ3v) is 8.96. The van der Waals surface area contributed by atoms with Crippen molar-refractivity contribution in [3.05, 3.63) is 23.3 Å². The monoisotopic (exact) mass is 575 g/mol. The molecule has 0 unspecified atom stereocenters. The second-order valence-corrected chi connectivity index (χ2v) is 12.9. The summed E-state index contributed by atoms with van der Waals surface area (Å²) in [6, 6.07) is 0. The maximum absolute atomic E-state index is 5.89. The number of hydrogen-bond acceptors (Lipinski definition) is 1. The Morgan fingerprint density at radius 1 is 0.366 bits per heavy atom. The lowest BCUT2D eigenvalue weighted by Crippen LogP contribution is -1.97. The van der Waals surface area contributed by atoms with Gasteiger partial charge < -0.3 is 4.74 Å². The zero-order chi connectivity index (χ0) is 29.9. The minimum atomic E-state index is 0.987. The van der Waals surface area contributed by atoms with Gasteiger partial charge in [0.1, 0.15) is 0 Å². The first-order chi connectivity index (χ1) is 20.3. The Morgan fingerprint density at radius 3 is 0.951 bits per heavy atom. The van der Waals surface area contributed by atoms with Crippen LogP contribution in [0.3, 0.4) is 0 Å². The fourth-order valence-electron chi connectivity index (χ4n) is 5.89. The first-order valence-electron chi connectivity index (χ1n) is 19.2. The van der Waals surface area contributed by atoms with Gasteiger partial charge in [-0.05, 0) is 77.0 Å². The second kappa shape index (κ2) is 35.6. The SMILES string of the molecule is CCCCC(=CCCCCCCCCCCCCOCCCCCCCCCCCCC=C(CC)CCCC)CC. The molecule has 0 aromatic carbocycles. The zero-order valence-electron chi connectivity index (χ0n) is 29.2. The second-order valence-electron chi connectivity index (χ2n) is 12.9. The number of unbranched alkanes of at least 4 members (excludes halogenated alkanes) is 22. The van der Waals surface area contributed by atoms with Crippen LogP contribution in [-0.2, 0) is 4.74 Å². The molecule has 41 heavy (non-hydrogen) atoms. The van der Waals surface area contributed by atoms with Crippen LogP contribution >= 0.6 is 0 Å². The Morgan fingerprint density at radius 2 is 0.659 bits per heavy atom. The third-order valence-electron chi connectivity index (χ3n) is 8.96. The largest absolute Gasteiger partial charge is 0.381 e. The summed E-state index contributed by atoms with van der Waals surface area (Å²) in [5, 5.41) is 0. The normalized spacial score (nSPS) is 12.5. The van der Waals surface area contributed by atoms with Crippen LogP contribution in [0, 0.1) is 0 Å². The predicted molar refractivity (Wildman–Crippen MR) is 188 cm³/mol. The van der Waals surface area contributed by atoms with Gasteiger partial charge in [-0.1, -0.05) is 167 Å². The molecule has 0 fully saturated rings. The van der Waals surface area contributed by atoms with Gasteiger partial charge in [-0.3, -0.25) is 0 Å². The Kier molecular flexibility index (Phi) is 35.1. The van der Waals surface area contributed by atoms with Crippen molar-refractivity contribution in [1.82, 2.24) is 0 Å². The molecule has 0 aromatic heterocycles. The highest BCUT2D eigenvalue weighted by Gasteiger charge is 1.98. The van der Waals surface area contributed by atoms with Gasteiger partial charge in [-0.2, -0.15) is 0 Å². The molecule has 0 aromatic rings. The van der Waals surface area contributed by atoms with Crippen LogP contribution in [0.2, 0.25) is 0 Å². The van der Waals surface area contributed by atoms with Gasteiger partial charge in [0.25, 0.3) is 0 Å². The molecule has 1 heteroatoms. The molecule has 0 aliphatic rings. The van der Waals surface area contributed by atoms with E-state index in [1.807, 2.05) is 0 Å². The van der Waals surface area contributed by atoms with E-state index in [1.165, 1.54) is 193 Å². The van der Waals surface area contributed by atoms with Crippen LogP contribution in [0.1, 0.15) is 220 Å². The van der Waals surface area contributed by atoms with E-state index in [-0.39, 0.29) is 0 Å². The van der Waals surface area contributed by atoms with Crippen molar-refractivity contribution in [3.8, 4) is 0 Å². The van der Waals surface area contributed by atoms with Crippen LogP contribution < -0.4 is 0 Å². The predicted octanol–water partition coefficient (Wildman–Crippen LogP) is 14.6. The summed E-state index contributed by atoms with van der Waals surface area (Å²) in [6.45, 7) is 11.2. The molecule has 0 amide bonds. The molecule has 0 heterocycles. The molecule has 0 saturated carbocycles. The highest BCUT2D eigenvalue weighted by Crippen LogP contribution is 2.17. The van der Waals surface area contributed by atoms with Crippen molar-refractivity contribution in [2.45, 2.75) is 220 Å². The van der Waals surface area contributed by atoms with Gasteiger partial charge >= 0.3 is 0 Å². The standard InChI is InChI=1S/C40H78O/c1-5-9-33-39(7-3)35-29-25-21-17-13-11-15-19-23-27-31-37-41-38-32-28-24-20-16-12-14-18-22-26-30-36-40(8-4)34-10-6-2/h35-36H,5-34,37-38H2,1-4H3. The summed E-state index contributed by atoms with van der Waals surface area (Å²) in [4.78, 5) is 0. The van der Waals surface area contributed by atoms with E-state index in [0.29, 0.717) is 0 Å². The summed E-state index contributed by atoms with van der Waals surface area (Å²) < 4.78 is 5.89. The van der Waals surface area contributed by atoms with Gasteiger partial charge in [0.2, 0.25) is 0 Å². The molecular formula is C40H78O. The highest BCUT2D eigenvalue weighted by molar-refractivity contribution is 5.01. The van der Waals surface area contributed by atoms with Crippen LogP contribution in [0.4, 0.5) is 0 Å². The van der Waals surface area contributed by atoms with Crippen LogP contribution in [-0.4, -0.2) is 13.2 Å². The summed E-state index contributed by atoms with van der Waals surface area (Å²) in [6.07, 6.45) is 46.4. The van der Waals surface area contributed by atoms with Gasteiger partial charge in [-0.15, -0.1) is 0 Å². The fourth-order valence-corrected chi connectivity index (χ4v) is 5.89. The van der Waals surface area contributed by atoms with E-state index in [0.717, 1.165) is 13.2 Å². The lowest BCUT2D eigenvalue weighted by Gasteiger charge is -2.06. The molecule has 0 radical (unpaired) electrons. The summed E-state index contributed by atoms with van der Waals surface area (Å²) in [7, 11) is 0. The molecule has 244 valence electrons. The van der Waals surface area contributed by atoms with E-state index < -0.39 is 0 Å². The molecular weight excluding hydrogens is 496 g/mol. The molecule has 0 saturated heterocycles. The van der Waals surface area contributed by atoms with Gasteiger partial charge in [0.05, 0.1) is 0 Å². The molecule has 0 aliphatic carbocycles.